The number of hydrogen-bond acceptors (Lipinski definition) is 7. The van der Waals surface area contributed by atoms with Crippen LogP contribution in [-0.2, 0) is 28.6 Å². The summed E-state index contributed by atoms with van der Waals surface area (Å²) in [6, 6.07) is 0. The summed E-state index contributed by atoms with van der Waals surface area (Å²) in [5, 5.41) is 9.62. The van der Waals surface area contributed by atoms with E-state index < -0.39 is 29.2 Å². The SMILES string of the molecule is C=C(C)C(=O)OCC(COC(=O)C(=C)C)(COC(=O)C(=C)C)C(C)CO. The average Bonchev–Trinajstić information content (AvgIpc) is 2.59. The van der Waals surface area contributed by atoms with Crippen molar-refractivity contribution >= 4 is 17.9 Å². The van der Waals surface area contributed by atoms with Crippen LogP contribution in [0.25, 0.3) is 0 Å². The van der Waals surface area contributed by atoms with Crippen molar-refractivity contribution < 1.29 is 33.7 Å². The number of aliphatic hydroxyl groups excluding tert-OH is 1. The molecule has 0 saturated carbocycles. The maximum Gasteiger partial charge on any atom is 0.333 e. The maximum absolute atomic E-state index is 11.8. The van der Waals surface area contributed by atoms with Crippen molar-refractivity contribution in [1.29, 1.82) is 0 Å². The molecule has 7 heteroatoms. The van der Waals surface area contributed by atoms with Crippen LogP contribution in [0.1, 0.15) is 27.7 Å². The van der Waals surface area contributed by atoms with Crippen LogP contribution in [0, 0.1) is 11.3 Å². The highest BCUT2D eigenvalue weighted by Gasteiger charge is 2.41. The van der Waals surface area contributed by atoms with Gasteiger partial charge in [0.15, 0.2) is 0 Å². The van der Waals surface area contributed by atoms with E-state index in [0.717, 1.165) is 0 Å². The Balaban J connectivity index is 5.53. The second-order valence-corrected chi connectivity index (χ2v) is 6.52. The summed E-state index contributed by atoms with van der Waals surface area (Å²) in [4.78, 5) is 35.3. The van der Waals surface area contributed by atoms with E-state index in [4.69, 9.17) is 14.2 Å². The molecular weight excluding hydrogens is 340 g/mol. The Bertz CT molecular complexity index is 515. The third kappa shape index (κ3) is 7.23. The summed E-state index contributed by atoms with van der Waals surface area (Å²) in [5.41, 5.74) is -0.578. The van der Waals surface area contributed by atoms with E-state index in [0.29, 0.717) is 0 Å². The molecule has 0 saturated heterocycles. The van der Waals surface area contributed by atoms with Crippen LogP contribution >= 0.6 is 0 Å². The van der Waals surface area contributed by atoms with Crippen molar-refractivity contribution in [3.05, 3.63) is 36.5 Å². The number of carbonyl (C=O) groups is 3. The third-order valence-corrected chi connectivity index (χ3v) is 3.84. The summed E-state index contributed by atoms with van der Waals surface area (Å²) in [7, 11) is 0. The fraction of sp³-hybridized carbons (Fsp3) is 0.526. The van der Waals surface area contributed by atoms with E-state index in [-0.39, 0.29) is 43.1 Å². The molecule has 26 heavy (non-hydrogen) atoms. The lowest BCUT2D eigenvalue weighted by Gasteiger charge is -2.36. The van der Waals surface area contributed by atoms with Crippen LogP contribution in [0.15, 0.2) is 36.5 Å². The number of carbonyl (C=O) groups excluding carboxylic acids is 3. The monoisotopic (exact) mass is 368 g/mol. The predicted molar refractivity (Wildman–Crippen MR) is 96.0 cm³/mol. The quantitative estimate of drug-likeness (QED) is 0.338. The van der Waals surface area contributed by atoms with Crippen molar-refractivity contribution in [2.75, 3.05) is 26.4 Å². The summed E-state index contributed by atoms with van der Waals surface area (Å²) in [5.74, 6) is -2.44. The van der Waals surface area contributed by atoms with Gasteiger partial charge in [0, 0.05) is 23.3 Å². The molecule has 0 spiro atoms. The van der Waals surface area contributed by atoms with Gasteiger partial charge in [0.05, 0.1) is 5.41 Å². The van der Waals surface area contributed by atoms with Crippen LogP contribution in [-0.4, -0.2) is 49.4 Å². The number of aliphatic hydroxyl groups is 1. The molecule has 7 nitrogen and oxygen atoms in total. The van der Waals surface area contributed by atoms with Gasteiger partial charge in [-0.15, -0.1) is 0 Å². The van der Waals surface area contributed by atoms with Crippen molar-refractivity contribution in [3.63, 3.8) is 0 Å². The van der Waals surface area contributed by atoms with Crippen LogP contribution in [0.5, 0.6) is 0 Å². The second kappa shape index (κ2) is 10.6. The maximum atomic E-state index is 11.8. The molecule has 0 amide bonds. The molecule has 0 radical (unpaired) electrons. The zero-order valence-corrected chi connectivity index (χ0v) is 15.9. The van der Waals surface area contributed by atoms with Crippen molar-refractivity contribution in [3.8, 4) is 0 Å². The highest BCUT2D eigenvalue weighted by Crippen LogP contribution is 2.30. The van der Waals surface area contributed by atoms with E-state index in [9.17, 15) is 19.5 Å². The van der Waals surface area contributed by atoms with Gasteiger partial charge in [0.1, 0.15) is 19.8 Å². The normalized spacial score (nSPS) is 11.9. The molecule has 0 aliphatic rings. The highest BCUT2D eigenvalue weighted by atomic mass is 16.6. The zero-order chi connectivity index (χ0) is 20.5. The molecule has 0 bridgehead atoms. The fourth-order valence-electron chi connectivity index (χ4n) is 1.74. The van der Waals surface area contributed by atoms with Crippen LogP contribution in [0.3, 0.4) is 0 Å². The first kappa shape index (κ1) is 23.6. The Kier molecular flexibility index (Phi) is 9.57. The predicted octanol–water partition coefficient (Wildman–Crippen LogP) is 1.96. The van der Waals surface area contributed by atoms with E-state index >= 15 is 0 Å². The molecule has 0 aliphatic carbocycles. The first-order chi connectivity index (χ1) is 12.0. The van der Waals surface area contributed by atoms with Crippen LogP contribution in [0.4, 0.5) is 0 Å². The van der Waals surface area contributed by atoms with Gasteiger partial charge in [-0.2, -0.15) is 0 Å². The van der Waals surface area contributed by atoms with E-state index in [1.165, 1.54) is 20.8 Å². The number of rotatable bonds is 11. The minimum atomic E-state index is -1.14. The van der Waals surface area contributed by atoms with Crippen molar-refractivity contribution in [2.45, 2.75) is 27.7 Å². The molecule has 0 fully saturated rings. The van der Waals surface area contributed by atoms with Gasteiger partial charge in [-0.05, 0) is 26.7 Å². The topological polar surface area (TPSA) is 99.1 Å². The minimum absolute atomic E-state index is 0.188. The molecule has 1 atom stereocenters. The van der Waals surface area contributed by atoms with Crippen molar-refractivity contribution in [1.82, 2.24) is 0 Å². The Hall–Kier alpha value is -2.41. The van der Waals surface area contributed by atoms with Crippen molar-refractivity contribution in [2.24, 2.45) is 11.3 Å². The Morgan fingerprint density at radius 3 is 1.27 bits per heavy atom. The van der Waals surface area contributed by atoms with Crippen LogP contribution < -0.4 is 0 Å². The van der Waals surface area contributed by atoms with Gasteiger partial charge < -0.3 is 19.3 Å². The summed E-state index contributed by atoms with van der Waals surface area (Å²) < 4.78 is 15.6. The molecule has 0 aromatic carbocycles. The van der Waals surface area contributed by atoms with Gasteiger partial charge in [-0.1, -0.05) is 26.7 Å². The second-order valence-electron chi connectivity index (χ2n) is 6.52. The van der Waals surface area contributed by atoms with Gasteiger partial charge >= 0.3 is 17.9 Å². The smallest absolute Gasteiger partial charge is 0.333 e. The van der Waals surface area contributed by atoms with Gasteiger partial charge in [0.2, 0.25) is 0 Å². The standard InChI is InChI=1S/C19H28O7/c1-12(2)16(21)24-9-19(15(7)8-20,10-25-17(22)13(3)4)11-26-18(23)14(5)6/h15,20H,1,3,5,8-11H2,2,4,6-7H3. The highest BCUT2D eigenvalue weighted by molar-refractivity contribution is 5.88. The fourth-order valence-corrected chi connectivity index (χ4v) is 1.74. The van der Waals surface area contributed by atoms with E-state index in [1.54, 1.807) is 6.92 Å². The van der Waals surface area contributed by atoms with Gasteiger partial charge in [-0.3, -0.25) is 0 Å². The summed E-state index contributed by atoms with van der Waals surface area (Å²) in [6.07, 6.45) is 0. The Morgan fingerprint density at radius 1 is 0.808 bits per heavy atom. The van der Waals surface area contributed by atoms with Gasteiger partial charge in [0.25, 0.3) is 0 Å². The number of esters is 3. The molecule has 0 aromatic rings. The molecule has 0 aliphatic heterocycles. The Morgan fingerprint density at radius 2 is 1.08 bits per heavy atom. The van der Waals surface area contributed by atoms with Crippen LogP contribution in [0.2, 0.25) is 0 Å². The first-order valence-corrected chi connectivity index (χ1v) is 8.05. The third-order valence-electron chi connectivity index (χ3n) is 3.84. The lowest BCUT2D eigenvalue weighted by atomic mass is 9.78. The zero-order valence-electron chi connectivity index (χ0n) is 15.9. The van der Waals surface area contributed by atoms with Gasteiger partial charge in [-0.25, -0.2) is 14.4 Å². The molecule has 0 aromatic heterocycles. The Labute approximate surface area is 154 Å². The summed E-state index contributed by atoms with van der Waals surface area (Å²) in [6.45, 7) is 15.6. The largest absolute Gasteiger partial charge is 0.461 e. The molecule has 146 valence electrons. The molecule has 0 heterocycles. The lowest BCUT2D eigenvalue weighted by Crippen LogP contribution is -2.46. The minimum Gasteiger partial charge on any atom is -0.461 e. The lowest BCUT2D eigenvalue weighted by molar-refractivity contribution is -0.163. The van der Waals surface area contributed by atoms with E-state index in [2.05, 4.69) is 19.7 Å². The molecule has 0 rings (SSSR count). The molecule has 1 N–H and O–H groups in total. The number of ether oxygens (including phenoxy) is 3. The number of hydrogen-bond donors (Lipinski definition) is 1. The van der Waals surface area contributed by atoms with E-state index in [1.807, 2.05) is 0 Å². The average molecular weight is 368 g/mol. The first-order valence-electron chi connectivity index (χ1n) is 8.05. The molecule has 1 unspecified atom stereocenters. The summed E-state index contributed by atoms with van der Waals surface area (Å²) >= 11 is 0. The molecular formula is C19H28O7.